The monoisotopic (exact) mass is 293 g/mol. The van der Waals surface area contributed by atoms with Crippen molar-refractivity contribution in [3.8, 4) is 0 Å². The van der Waals surface area contributed by atoms with Crippen molar-refractivity contribution in [2.45, 2.75) is 31.2 Å². The second kappa shape index (κ2) is 5.28. The summed E-state index contributed by atoms with van der Waals surface area (Å²) in [6.45, 7) is 0. The van der Waals surface area contributed by atoms with Crippen LogP contribution in [-0.4, -0.2) is 18.0 Å². The zero-order valence-corrected chi connectivity index (χ0v) is 12.5. The highest BCUT2D eigenvalue weighted by molar-refractivity contribution is 8.13. The molecular weight excluding hydrogens is 273 g/mol. The van der Waals surface area contributed by atoms with E-state index in [0.717, 1.165) is 30.7 Å². The Labute approximate surface area is 123 Å². The molecule has 1 aromatic carbocycles. The Balaban J connectivity index is 2.14. The largest absolute Gasteiger partial charge is 0.388 e. The van der Waals surface area contributed by atoms with Crippen LogP contribution in [0.4, 0.5) is 10.1 Å². The van der Waals surface area contributed by atoms with E-state index in [1.54, 1.807) is 17.8 Å². The molecule has 1 aliphatic carbocycles. The molecule has 20 heavy (non-hydrogen) atoms. The van der Waals surface area contributed by atoms with Crippen LogP contribution in [0.1, 0.15) is 31.2 Å². The molecule has 2 aliphatic rings. The number of thioether (sulfide) groups is 1. The molecule has 0 saturated heterocycles. The third-order valence-corrected chi connectivity index (χ3v) is 5.46. The lowest BCUT2D eigenvalue weighted by Gasteiger charge is -2.44. The van der Waals surface area contributed by atoms with E-state index in [4.69, 9.17) is 10.7 Å². The number of halogens is 1. The molecule has 1 fully saturated rings. The topological polar surface area (TPSA) is 50.4 Å². The number of benzene rings is 1. The Bertz CT molecular complexity index is 546. The summed E-state index contributed by atoms with van der Waals surface area (Å²) >= 11 is 1.60. The molecule has 3 rings (SSSR count). The summed E-state index contributed by atoms with van der Waals surface area (Å²) in [4.78, 5) is 4.73. The van der Waals surface area contributed by atoms with Crippen LogP contribution in [0.5, 0.6) is 0 Å². The minimum Gasteiger partial charge on any atom is -0.388 e. The Morgan fingerprint density at radius 2 is 2.30 bits per heavy atom. The van der Waals surface area contributed by atoms with Crippen molar-refractivity contribution in [2.24, 2.45) is 16.6 Å². The van der Waals surface area contributed by atoms with E-state index < -0.39 is 5.54 Å². The fraction of sp³-hybridized carbons (Fsp3) is 0.533. The Kier molecular flexibility index (Phi) is 3.63. The molecule has 108 valence electrons. The number of nitrogens with zero attached hydrogens (tertiary/aromatic N) is 1. The van der Waals surface area contributed by atoms with Crippen LogP contribution in [0.15, 0.2) is 23.2 Å². The average molecular weight is 293 g/mol. The highest BCUT2D eigenvalue weighted by Gasteiger charge is 2.46. The van der Waals surface area contributed by atoms with Crippen molar-refractivity contribution in [1.82, 2.24) is 0 Å². The smallest absolute Gasteiger partial charge is 0.154 e. The molecule has 2 unspecified atom stereocenters. The van der Waals surface area contributed by atoms with Gasteiger partial charge in [-0.2, -0.15) is 0 Å². The third kappa shape index (κ3) is 2.18. The van der Waals surface area contributed by atoms with Gasteiger partial charge in [0.05, 0.1) is 5.54 Å². The van der Waals surface area contributed by atoms with Gasteiger partial charge in [0.2, 0.25) is 0 Å². The zero-order valence-electron chi connectivity index (χ0n) is 11.7. The van der Waals surface area contributed by atoms with Crippen molar-refractivity contribution in [1.29, 1.82) is 0 Å². The summed E-state index contributed by atoms with van der Waals surface area (Å²) in [5.74, 6) is 1.16. The molecule has 3 N–H and O–H groups in total. The van der Waals surface area contributed by atoms with Crippen LogP contribution in [0, 0.1) is 11.7 Å². The lowest BCUT2D eigenvalue weighted by atomic mass is 9.69. The zero-order chi connectivity index (χ0) is 14.2. The van der Waals surface area contributed by atoms with E-state index >= 15 is 0 Å². The van der Waals surface area contributed by atoms with E-state index in [1.807, 2.05) is 13.1 Å². The van der Waals surface area contributed by atoms with Gasteiger partial charge >= 0.3 is 0 Å². The molecule has 3 nitrogen and oxygen atoms in total. The molecule has 1 aromatic rings. The molecule has 0 radical (unpaired) electrons. The molecule has 0 aromatic heterocycles. The highest BCUT2D eigenvalue weighted by atomic mass is 32.2. The normalized spacial score (nSPS) is 29.5. The standard InChI is InChI=1S/C15H20FN3S/c1-18-11-5-6-13(16)12(8-11)15-7-3-2-4-10(15)9-20-14(17)19-15/h5-6,8,10,18H,2-4,7,9H2,1H3,(H2,17,19). The fourth-order valence-corrected chi connectivity index (χ4v) is 4.48. The number of rotatable bonds is 2. The lowest BCUT2D eigenvalue weighted by Crippen LogP contribution is -2.43. The minimum absolute atomic E-state index is 0.167. The van der Waals surface area contributed by atoms with Gasteiger partial charge in [-0.1, -0.05) is 24.6 Å². The highest BCUT2D eigenvalue weighted by Crippen LogP contribution is 2.49. The summed E-state index contributed by atoms with van der Waals surface area (Å²) in [5.41, 5.74) is 7.13. The van der Waals surface area contributed by atoms with Crippen molar-refractivity contribution < 1.29 is 4.39 Å². The Morgan fingerprint density at radius 1 is 1.45 bits per heavy atom. The van der Waals surface area contributed by atoms with Crippen LogP contribution in [-0.2, 0) is 5.54 Å². The minimum atomic E-state index is -0.454. The average Bonchev–Trinajstić information content (AvgIpc) is 2.47. The molecule has 2 atom stereocenters. The van der Waals surface area contributed by atoms with Gasteiger partial charge in [-0.05, 0) is 37.0 Å². The van der Waals surface area contributed by atoms with Crippen molar-refractivity contribution in [3.05, 3.63) is 29.6 Å². The first-order valence-electron chi connectivity index (χ1n) is 7.11. The van der Waals surface area contributed by atoms with Crippen LogP contribution in [0.3, 0.4) is 0 Å². The number of nitrogens with one attached hydrogen (secondary N) is 1. The van der Waals surface area contributed by atoms with Gasteiger partial charge in [-0.15, -0.1) is 0 Å². The molecule has 0 amide bonds. The molecule has 5 heteroatoms. The fourth-order valence-electron chi connectivity index (χ4n) is 3.44. The first-order chi connectivity index (χ1) is 9.65. The van der Waals surface area contributed by atoms with Crippen LogP contribution in [0.2, 0.25) is 0 Å². The number of amidine groups is 1. The third-order valence-electron chi connectivity index (χ3n) is 4.50. The first kappa shape index (κ1) is 13.7. The van der Waals surface area contributed by atoms with E-state index in [0.29, 0.717) is 16.6 Å². The van der Waals surface area contributed by atoms with Crippen molar-refractivity contribution in [2.75, 3.05) is 18.1 Å². The molecule has 1 aliphatic heterocycles. The molecule has 1 heterocycles. The number of fused-ring (bicyclic) bond motifs is 1. The van der Waals surface area contributed by atoms with Gasteiger partial charge in [-0.25, -0.2) is 4.39 Å². The molecule has 0 bridgehead atoms. The Hall–Kier alpha value is -1.23. The molecule has 0 spiro atoms. The second-order valence-electron chi connectivity index (χ2n) is 5.57. The summed E-state index contributed by atoms with van der Waals surface area (Å²) < 4.78 is 14.4. The first-order valence-corrected chi connectivity index (χ1v) is 8.10. The van der Waals surface area contributed by atoms with Gasteiger partial charge in [0.1, 0.15) is 5.82 Å². The second-order valence-corrected chi connectivity index (χ2v) is 6.61. The van der Waals surface area contributed by atoms with Crippen LogP contribution in [0.25, 0.3) is 0 Å². The van der Waals surface area contributed by atoms with E-state index in [-0.39, 0.29) is 5.82 Å². The predicted molar refractivity (Wildman–Crippen MR) is 83.7 cm³/mol. The summed E-state index contributed by atoms with van der Waals surface area (Å²) in [5, 5.41) is 3.68. The van der Waals surface area contributed by atoms with E-state index in [2.05, 4.69) is 5.32 Å². The maximum Gasteiger partial charge on any atom is 0.154 e. The maximum absolute atomic E-state index is 14.4. The van der Waals surface area contributed by atoms with Gasteiger partial charge in [0.15, 0.2) is 5.17 Å². The summed E-state index contributed by atoms with van der Waals surface area (Å²) in [7, 11) is 1.85. The molecular formula is C15H20FN3S. The van der Waals surface area contributed by atoms with Crippen molar-refractivity contribution >= 4 is 22.6 Å². The predicted octanol–water partition coefficient (Wildman–Crippen LogP) is 3.31. The van der Waals surface area contributed by atoms with Gasteiger partial charge in [0, 0.05) is 24.1 Å². The quantitative estimate of drug-likeness (QED) is 0.879. The number of hydrogen-bond donors (Lipinski definition) is 2. The Morgan fingerprint density at radius 3 is 3.10 bits per heavy atom. The van der Waals surface area contributed by atoms with Crippen molar-refractivity contribution in [3.63, 3.8) is 0 Å². The van der Waals surface area contributed by atoms with Gasteiger partial charge < -0.3 is 11.1 Å². The van der Waals surface area contributed by atoms with Crippen LogP contribution >= 0.6 is 11.8 Å². The summed E-state index contributed by atoms with van der Waals surface area (Å²) in [6, 6.07) is 5.20. The molecule has 1 saturated carbocycles. The van der Waals surface area contributed by atoms with E-state index in [1.165, 1.54) is 12.5 Å². The maximum atomic E-state index is 14.4. The van der Waals surface area contributed by atoms with Gasteiger partial charge in [-0.3, -0.25) is 4.99 Å². The SMILES string of the molecule is CNc1ccc(F)c(C23CCCCC2CSC(N)=N3)c1. The number of nitrogens with two attached hydrogens (primary N) is 1. The summed E-state index contributed by atoms with van der Waals surface area (Å²) in [6.07, 6.45) is 4.28. The van der Waals surface area contributed by atoms with Crippen LogP contribution < -0.4 is 11.1 Å². The van der Waals surface area contributed by atoms with Gasteiger partial charge in [0.25, 0.3) is 0 Å². The number of anilines is 1. The van der Waals surface area contributed by atoms with E-state index in [9.17, 15) is 4.39 Å². The number of hydrogen-bond acceptors (Lipinski definition) is 4. The number of aliphatic imine (C=N–C) groups is 1. The lowest BCUT2D eigenvalue weighted by molar-refractivity contribution is 0.206.